The minimum Gasteiger partial charge on any atom is -0.389 e. The second-order valence-corrected chi connectivity index (χ2v) is 5.79. The molecule has 1 fully saturated rings. The van der Waals surface area contributed by atoms with Crippen LogP contribution in [0.4, 0.5) is 10.9 Å². The summed E-state index contributed by atoms with van der Waals surface area (Å²) in [5.74, 6) is 0.980. The lowest BCUT2D eigenvalue weighted by Crippen LogP contribution is -2.46. The van der Waals surface area contributed by atoms with Crippen LogP contribution < -0.4 is 9.80 Å². The molecule has 2 aromatic heterocycles. The van der Waals surface area contributed by atoms with E-state index in [-0.39, 0.29) is 0 Å². The Balaban J connectivity index is 1.63. The van der Waals surface area contributed by atoms with Gasteiger partial charge in [0.1, 0.15) is 5.82 Å². The zero-order valence-corrected chi connectivity index (χ0v) is 12.3. The second-order valence-electron chi connectivity index (χ2n) is 4.91. The number of aliphatic hydroxyl groups is 1. The number of piperazine rings is 1. The Labute approximate surface area is 122 Å². The van der Waals surface area contributed by atoms with Gasteiger partial charge in [-0.3, -0.25) is 0 Å². The zero-order valence-electron chi connectivity index (χ0n) is 11.4. The summed E-state index contributed by atoms with van der Waals surface area (Å²) in [5, 5.41) is 12.6. The largest absolute Gasteiger partial charge is 0.389 e. The van der Waals surface area contributed by atoms with Gasteiger partial charge in [0.05, 0.1) is 6.10 Å². The van der Waals surface area contributed by atoms with E-state index in [1.54, 1.807) is 24.5 Å². The molecule has 0 unspecified atom stereocenters. The molecule has 0 aromatic carbocycles. The van der Waals surface area contributed by atoms with Gasteiger partial charge in [0.25, 0.3) is 0 Å². The minimum absolute atomic E-state index is 0.460. The molecule has 0 aliphatic carbocycles. The first-order valence-electron chi connectivity index (χ1n) is 6.77. The van der Waals surface area contributed by atoms with E-state index in [2.05, 4.69) is 19.8 Å². The van der Waals surface area contributed by atoms with E-state index in [0.29, 0.717) is 0 Å². The summed E-state index contributed by atoms with van der Waals surface area (Å²) in [7, 11) is 0. The lowest BCUT2D eigenvalue weighted by molar-refractivity contribution is 0.199. The van der Waals surface area contributed by atoms with Gasteiger partial charge in [-0.15, -0.1) is 11.3 Å². The molecule has 0 radical (unpaired) electrons. The second kappa shape index (κ2) is 5.76. The van der Waals surface area contributed by atoms with Gasteiger partial charge in [-0.2, -0.15) is 0 Å². The van der Waals surface area contributed by atoms with E-state index in [1.165, 1.54) is 0 Å². The van der Waals surface area contributed by atoms with Crippen LogP contribution in [-0.4, -0.2) is 41.3 Å². The molecule has 3 rings (SSSR count). The van der Waals surface area contributed by atoms with Crippen LogP contribution in [0.1, 0.15) is 18.6 Å². The van der Waals surface area contributed by atoms with Crippen LogP contribution in [-0.2, 0) is 0 Å². The fourth-order valence-corrected chi connectivity index (χ4v) is 3.03. The normalized spacial score (nSPS) is 17.3. The van der Waals surface area contributed by atoms with Gasteiger partial charge in [0, 0.05) is 44.0 Å². The number of hydrogen-bond acceptors (Lipinski definition) is 6. The van der Waals surface area contributed by atoms with Crippen molar-refractivity contribution >= 4 is 22.3 Å². The van der Waals surface area contributed by atoms with Gasteiger partial charge < -0.3 is 14.9 Å². The van der Waals surface area contributed by atoms with Crippen LogP contribution in [0.2, 0.25) is 0 Å². The SMILES string of the molecule is C[C@@H](O)c1ccc(N2CCN(c3nccs3)CC2)nc1. The van der Waals surface area contributed by atoms with E-state index >= 15 is 0 Å². The number of aliphatic hydroxyl groups excluding tert-OH is 1. The summed E-state index contributed by atoms with van der Waals surface area (Å²) in [4.78, 5) is 13.4. The molecule has 0 spiro atoms. The molecule has 1 atom stereocenters. The number of anilines is 2. The maximum Gasteiger partial charge on any atom is 0.185 e. The van der Waals surface area contributed by atoms with E-state index in [9.17, 15) is 5.11 Å². The molecule has 2 aromatic rings. The molecular weight excluding hydrogens is 272 g/mol. The molecule has 0 saturated carbocycles. The molecule has 1 aliphatic rings. The zero-order chi connectivity index (χ0) is 13.9. The third kappa shape index (κ3) is 2.76. The highest BCUT2D eigenvalue weighted by atomic mass is 32.1. The van der Waals surface area contributed by atoms with Crippen molar-refractivity contribution in [1.29, 1.82) is 0 Å². The third-order valence-corrected chi connectivity index (χ3v) is 4.38. The maximum atomic E-state index is 9.50. The van der Waals surface area contributed by atoms with Crippen LogP contribution >= 0.6 is 11.3 Å². The number of pyridine rings is 1. The minimum atomic E-state index is -0.460. The number of nitrogens with zero attached hydrogens (tertiary/aromatic N) is 4. The molecule has 1 N–H and O–H groups in total. The van der Waals surface area contributed by atoms with Crippen molar-refractivity contribution in [2.24, 2.45) is 0 Å². The van der Waals surface area contributed by atoms with Crippen molar-refractivity contribution in [3.8, 4) is 0 Å². The van der Waals surface area contributed by atoms with Crippen molar-refractivity contribution in [3.05, 3.63) is 35.5 Å². The number of thiazole rings is 1. The Bertz CT molecular complexity index is 533. The highest BCUT2D eigenvalue weighted by molar-refractivity contribution is 7.13. The molecular formula is C14H18N4OS. The fourth-order valence-electron chi connectivity index (χ4n) is 2.33. The van der Waals surface area contributed by atoms with Crippen molar-refractivity contribution in [1.82, 2.24) is 9.97 Å². The van der Waals surface area contributed by atoms with Gasteiger partial charge in [0.2, 0.25) is 0 Å². The fraction of sp³-hybridized carbons (Fsp3) is 0.429. The van der Waals surface area contributed by atoms with Crippen LogP contribution in [0.5, 0.6) is 0 Å². The first-order chi connectivity index (χ1) is 9.74. The molecule has 0 amide bonds. The average Bonchev–Trinajstić information content (AvgIpc) is 3.02. The van der Waals surface area contributed by atoms with Gasteiger partial charge in [-0.1, -0.05) is 6.07 Å². The third-order valence-electron chi connectivity index (χ3n) is 3.55. The predicted molar refractivity (Wildman–Crippen MR) is 81.4 cm³/mol. The highest BCUT2D eigenvalue weighted by Gasteiger charge is 2.19. The Morgan fingerprint density at radius 2 is 1.90 bits per heavy atom. The van der Waals surface area contributed by atoms with Crippen LogP contribution in [0.3, 0.4) is 0 Å². The Morgan fingerprint density at radius 3 is 2.45 bits per heavy atom. The van der Waals surface area contributed by atoms with E-state index in [0.717, 1.165) is 42.7 Å². The molecule has 106 valence electrons. The Kier molecular flexibility index (Phi) is 3.84. The van der Waals surface area contributed by atoms with Crippen LogP contribution in [0, 0.1) is 0 Å². The van der Waals surface area contributed by atoms with E-state index in [1.807, 2.05) is 23.7 Å². The number of hydrogen-bond donors (Lipinski definition) is 1. The van der Waals surface area contributed by atoms with E-state index < -0.39 is 6.10 Å². The van der Waals surface area contributed by atoms with Gasteiger partial charge >= 0.3 is 0 Å². The van der Waals surface area contributed by atoms with Crippen molar-refractivity contribution in [2.45, 2.75) is 13.0 Å². The molecule has 1 aliphatic heterocycles. The summed E-state index contributed by atoms with van der Waals surface area (Å²) >= 11 is 1.68. The van der Waals surface area contributed by atoms with Crippen molar-refractivity contribution in [2.75, 3.05) is 36.0 Å². The van der Waals surface area contributed by atoms with Crippen molar-refractivity contribution < 1.29 is 5.11 Å². The molecule has 3 heterocycles. The molecule has 20 heavy (non-hydrogen) atoms. The Morgan fingerprint density at radius 1 is 1.15 bits per heavy atom. The van der Waals surface area contributed by atoms with Gasteiger partial charge in [0.15, 0.2) is 5.13 Å². The topological polar surface area (TPSA) is 52.5 Å². The van der Waals surface area contributed by atoms with Gasteiger partial charge in [-0.05, 0) is 18.6 Å². The highest BCUT2D eigenvalue weighted by Crippen LogP contribution is 2.21. The quantitative estimate of drug-likeness (QED) is 0.936. The monoisotopic (exact) mass is 290 g/mol. The summed E-state index contributed by atoms with van der Waals surface area (Å²) in [6, 6.07) is 3.93. The first-order valence-corrected chi connectivity index (χ1v) is 7.65. The Hall–Kier alpha value is -1.66. The lowest BCUT2D eigenvalue weighted by atomic mass is 10.2. The standard InChI is InChI=1S/C14H18N4OS/c1-11(19)12-2-3-13(16-10-12)17-5-7-18(8-6-17)14-15-4-9-20-14/h2-4,9-11,19H,5-8H2,1H3/t11-/m1/s1. The molecule has 6 heteroatoms. The lowest BCUT2D eigenvalue weighted by Gasteiger charge is -2.35. The summed E-state index contributed by atoms with van der Waals surface area (Å²) in [6.45, 7) is 5.57. The van der Waals surface area contributed by atoms with Crippen molar-refractivity contribution in [3.63, 3.8) is 0 Å². The predicted octanol–water partition coefficient (Wildman–Crippen LogP) is 1.92. The molecule has 1 saturated heterocycles. The molecule has 5 nitrogen and oxygen atoms in total. The van der Waals surface area contributed by atoms with E-state index in [4.69, 9.17) is 0 Å². The van der Waals surface area contributed by atoms with Crippen LogP contribution in [0.25, 0.3) is 0 Å². The smallest absolute Gasteiger partial charge is 0.185 e. The van der Waals surface area contributed by atoms with Gasteiger partial charge in [-0.25, -0.2) is 9.97 Å². The summed E-state index contributed by atoms with van der Waals surface area (Å²) < 4.78 is 0. The maximum absolute atomic E-state index is 9.50. The summed E-state index contributed by atoms with van der Waals surface area (Å²) in [5.41, 5.74) is 0.857. The molecule has 0 bridgehead atoms. The summed E-state index contributed by atoms with van der Waals surface area (Å²) in [6.07, 6.45) is 3.15. The van der Waals surface area contributed by atoms with Crippen LogP contribution in [0.15, 0.2) is 29.9 Å². The average molecular weight is 290 g/mol. The number of rotatable bonds is 3. The first kappa shape index (κ1) is 13.3. The number of aromatic nitrogens is 2.